The van der Waals surface area contributed by atoms with Crippen LogP contribution >= 0.6 is 0 Å². The van der Waals surface area contributed by atoms with Gasteiger partial charge in [-0.25, -0.2) is 0 Å². The van der Waals surface area contributed by atoms with Crippen LogP contribution in [0.25, 0.3) is 0 Å². The highest BCUT2D eigenvalue weighted by atomic mass is 19.4. The number of fused-ring (bicyclic) bond motifs is 4. The molecule has 9 atom stereocenters. The zero-order valence-electron chi connectivity index (χ0n) is 40.0. The maximum Gasteiger partial charge on any atom is 0.430 e. The molecule has 0 aliphatic heterocycles. The Morgan fingerprint density at radius 1 is 0.421 bits per heavy atom. The van der Waals surface area contributed by atoms with E-state index in [1.807, 2.05) is 0 Å². The quantitative estimate of drug-likeness (QED) is 0.0840. The number of halogens is 24. The van der Waals surface area contributed by atoms with Crippen LogP contribution in [0.2, 0.25) is 0 Å². The van der Waals surface area contributed by atoms with Gasteiger partial charge in [0.2, 0.25) is 0 Å². The second-order valence-electron chi connectivity index (χ2n) is 19.6. The van der Waals surface area contributed by atoms with E-state index >= 15 is 52.7 Å². The Morgan fingerprint density at radius 2 is 0.737 bits per heavy atom. The Labute approximate surface area is 416 Å². The molecule has 0 spiro atoms. The lowest BCUT2D eigenvalue weighted by atomic mass is 9.78. The number of rotatable bonds is 22. The van der Waals surface area contributed by atoms with Crippen LogP contribution in [0.5, 0.6) is 0 Å². The van der Waals surface area contributed by atoms with Gasteiger partial charge in [-0.1, -0.05) is 26.0 Å². The van der Waals surface area contributed by atoms with E-state index < -0.39 is 188 Å². The van der Waals surface area contributed by atoms with Crippen molar-refractivity contribution in [1.82, 2.24) is 0 Å². The standard InChI is InChI=1S/C44H50F24O8/c1-5-21(2)24-12-27(35(41(57,58)59,42(60,61)62)75-19-71-31-10-22-6-25(29(31)8-22)15-33(37(45,46)47,38(48,49)50)73-17-69-3)14-28(13-24)36(43(63,64)65,44(66,67)68)76-20-72-32-11-23-7-26(30(32)9-23)16-34(39(51,52)53,40(54,55)56)74-18-70-4/h12-14,21-23,25-26,29-32H,5-11,15-20H2,1-4H3. The van der Waals surface area contributed by atoms with Crippen LogP contribution in [0.4, 0.5) is 105 Å². The molecule has 0 saturated heterocycles. The molecule has 8 nitrogen and oxygen atoms in total. The summed E-state index contributed by atoms with van der Waals surface area (Å²) in [5.74, 6) is -9.34. The zero-order chi connectivity index (χ0) is 57.9. The molecule has 4 aliphatic rings. The summed E-state index contributed by atoms with van der Waals surface area (Å²) in [6.07, 6.45) is -61.9. The van der Waals surface area contributed by atoms with E-state index in [0.29, 0.717) is 14.2 Å². The maximum absolute atomic E-state index is 15.3. The van der Waals surface area contributed by atoms with Gasteiger partial charge in [0.25, 0.3) is 22.4 Å². The third-order valence-corrected chi connectivity index (χ3v) is 15.2. The van der Waals surface area contributed by atoms with Crippen LogP contribution in [0.3, 0.4) is 0 Å². The Hall–Kier alpha value is -2.78. The molecular weight excluding hydrogens is 1110 g/mol. The van der Waals surface area contributed by atoms with E-state index in [1.54, 1.807) is 0 Å². The Kier molecular flexibility index (Phi) is 18.5. The molecule has 0 radical (unpaired) electrons. The first-order chi connectivity index (χ1) is 34.5. The first-order valence-corrected chi connectivity index (χ1v) is 22.9. The van der Waals surface area contributed by atoms with Gasteiger partial charge < -0.3 is 37.9 Å². The first-order valence-electron chi connectivity index (χ1n) is 22.9. The molecule has 32 heteroatoms. The van der Waals surface area contributed by atoms with Crippen molar-refractivity contribution in [2.75, 3.05) is 41.4 Å². The van der Waals surface area contributed by atoms with Crippen molar-refractivity contribution in [3.05, 3.63) is 34.9 Å². The highest BCUT2D eigenvalue weighted by Crippen LogP contribution is 2.62. The van der Waals surface area contributed by atoms with Crippen molar-refractivity contribution in [2.45, 2.75) is 162 Å². The van der Waals surface area contributed by atoms with Gasteiger partial charge in [0.1, 0.15) is 27.2 Å². The van der Waals surface area contributed by atoms with Crippen LogP contribution in [0, 0.1) is 35.5 Å². The maximum atomic E-state index is 15.3. The summed E-state index contributed by atoms with van der Waals surface area (Å²) < 4.78 is 389. The summed E-state index contributed by atoms with van der Waals surface area (Å²) in [5, 5.41) is 0. The van der Waals surface area contributed by atoms with Crippen molar-refractivity contribution < 1.29 is 143 Å². The predicted octanol–water partition coefficient (Wildman–Crippen LogP) is 14.4. The molecule has 0 amide bonds. The lowest BCUT2D eigenvalue weighted by Gasteiger charge is -2.42. The lowest BCUT2D eigenvalue weighted by molar-refractivity contribution is -0.406. The highest BCUT2D eigenvalue weighted by Gasteiger charge is 2.78. The van der Waals surface area contributed by atoms with Gasteiger partial charge in [0.05, 0.1) is 12.2 Å². The van der Waals surface area contributed by atoms with E-state index in [1.165, 1.54) is 6.92 Å². The first kappa shape index (κ1) is 64.0. The molecule has 0 aromatic heterocycles. The summed E-state index contributed by atoms with van der Waals surface area (Å²) in [5.41, 5.74) is -27.7. The average molecular weight is 1160 g/mol. The summed E-state index contributed by atoms with van der Waals surface area (Å²) in [7, 11) is 1.39. The molecule has 0 N–H and O–H groups in total. The van der Waals surface area contributed by atoms with Crippen molar-refractivity contribution >= 4 is 0 Å². The molecule has 4 aliphatic carbocycles. The largest absolute Gasteiger partial charge is 0.430 e. The second kappa shape index (κ2) is 21.9. The molecule has 1 aromatic carbocycles. The van der Waals surface area contributed by atoms with Crippen LogP contribution in [-0.2, 0) is 49.1 Å². The van der Waals surface area contributed by atoms with Gasteiger partial charge in [-0.3, -0.25) is 0 Å². The Morgan fingerprint density at radius 3 is 0.987 bits per heavy atom. The minimum atomic E-state index is -6.90. The van der Waals surface area contributed by atoms with Crippen LogP contribution in [0.15, 0.2) is 18.2 Å². The van der Waals surface area contributed by atoms with E-state index in [0.717, 1.165) is 6.92 Å². The summed E-state index contributed by atoms with van der Waals surface area (Å²) in [6, 6.07) is -0.958. The van der Waals surface area contributed by atoms with E-state index in [2.05, 4.69) is 28.4 Å². The number of benzene rings is 1. The van der Waals surface area contributed by atoms with Crippen molar-refractivity contribution in [3.8, 4) is 0 Å². The molecule has 9 unspecified atom stereocenters. The number of hydrogen-bond donors (Lipinski definition) is 0. The fourth-order valence-corrected chi connectivity index (χ4v) is 11.5. The van der Waals surface area contributed by atoms with Crippen molar-refractivity contribution in [1.29, 1.82) is 0 Å². The predicted molar refractivity (Wildman–Crippen MR) is 208 cm³/mol. The van der Waals surface area contributed by atoms with E-state index in [9.17, 15) is 52.7 Å². The lowest BCUT2D eigenvalue weighted by Crippen LogP contribution is -2.60. The van der Waals surface area contributed by atoms with Crippen molar-refractivity contribution in [2.24, 2.45) is 35.5 Å². The minimum Gasteiger partial charge on any atom is -0.359 e. The van der Waals surface area contributed by atoms with Gasteiger partial charge in [-0.2, -0.15) is 105 Å². The molecular formula is C44H50F24O8. The average Bonchev–Trinajstić information content (AvgIpc) is 4.04. The van der Waals surface area contributed by atoms with Crippen LogP contribution in [0.1, 0.15) is 94.2 Å². The van der Waals surface area contributed by atoms with Crippen molar-refractivity contribution in [3.63, 3.8) is 0 Å². The smallest absolute Gasteiger partial charge is 0.359 e. The third-order valence-electron chi connectivity index (χ3n) is 15.2. The SMILES string of the molecule is CCC(C)c1cc(C(OCOC2CC3CC(CC(OCOC)(C(F)(F)F)C(F)(F)F)C2C3)(C(F)(F)F)C(F)(F)F)cc(C(OCOC2CC3CC(CC(OCOC)(C(F)(F)F)C(F)(F)F)C2C3)(C(F)(F)F)C(F)(F)F)c1. The van der Waals surface area contributed by atoms with Gasteiger partial charge in [0.15, 0.2) is 0 Å². The Balaban J connectivity index is 1.52. The molecule has 0 heterocycles. The summed E-state index contributed by atoms with van der Waals surface area (Å²) >= 11 is 0. The van der Waals surface area contributed by atoms with E-state index in [4.69, 9.17) is 9.47 Å². The number of ether oxygens (including phenoxy) is 8. The Bertz CT molecular complexity index is 1880. The number of hydrogen-bond acceptors (Lipinski definition) is 8. The van der Waals surface area contributed by atoms with Gasteiger partial charge in [-0.05, 0) is 111 Å². The summed E-state index contributed by atoms with van der Waals surface area (Å²) in [4.78, 5) is 0. The number of alkyl halides is 24. The van der Waals surface area contributed by atoms with Gasteiger partial charge >= 0.3 is 49.4 Å². The fraction of sp³-hybridized carbons (Fsp3) is 0.864. The molecule has 442 valence electrons. The number of methoxy groups -OCH3 is 2. The molecule has 4 saturated carbocycles. The zero-order valence-corrected chi connectivity index (χ0v) is 40.0. The normalized spacial score (nSPS) is 26.1. The van der Waals surface area contributed by atoms with Gasteiger partial charge in [0, 0.05) is 25.3 Å². The molecule has 76 heavy (non-hydrogen) atoms. The second-order valence-corrected chi connectivity index (χ2v) is 19.6. The topological polar surface area (TPSA) is 73.8 Å². The minimum absolute atomic E-state index is 0.0677. The molecule has 5 rings (SSSR count). The van der Waals surface area contributed by atoms with Crippen LogP contribution < -0.4 is 0 Å². The highest BCUT2D eigenvalue weighted by molar-refractivity contribution is 5.42. The molecule has 4 fully saturated rings. The van der Waals surface area contributed by atoms with Crippen LogP contribution in [-0.4, -0.2) is 114 Å². The molecule has 1 aromatic rings. The van der Waals surface area contributed by atoms with E-state index in [-0.39, 0.29) is 57.1 Å². The van der Waals surface area contributed by atoms with Gasteiger partial charge in [-0.15, -0.1) is 0 Å². The monoisotopic (exact) mass is 1160 g/mol. The summed E-state index contributed by atoms with van der Waals surface area (Å²) in [6.45, 7) is -5.39. The molecule has 4 bridgehead atoms. The third kappa shape index (κ3) is 11.7. The fourth-order valence-electron chi connectivity index (χ4n) is 11.5.